The predicted octanol–water partition coefficient (Wildman–Crippen LogP) is 2.37. The number of nitrogens with zero attached hydrogens (tertiary/aromatic N) is 2. The topological polar surface area (TPSA) is 60.9 Å². The zero-order valence-electron chi connectivity index (χ0n) is 12.7. The second-order valence-corrected chi connectivity index (χ2v) is 6.54. The molecule has 1 rings (SSSR count). The van der Waals surface area contributed by atoms with Gasteiger partial charge in [0.2, 0.25) is 0 Å². The highest BCUT2D eigenvalue weighted by atomic mass is 32.2. The standard InChI is InChI=1S/C14H26N2O3S/c1-11(6-9-20-3)15(2)14(19)16-7-4-12(5-8-16)10-13(17)18/h11-12H,4-10H2,1-3H3,(H,17,18). The van der Waals surface area contributed by atoms with Gasteiger partial charge in [0.15, 0.2) is 0 Å². The second kappa shape index (κ2) is 8.39. The maximum Gasteiger partial charge on any atom is 0.319 e. The van der Waals surface area contributed by atoms with Gasteiger partial charge in [0.05, 0.1) is 0 Å². The first-order chi connectivity index (χ1) is 9.45. The predicted molar refractivity (Wildman–Crippen MR) is 82.2 cm³/mol. The van der Waals surface area contributed by atoms with Gasteiger partial charge in [0.25, 0.3) is 0 Å². The van der Waals surface area contributed by atoms with Gasteiger partial charge < -0.3 is 14.9 Å². The maximum atomic E-state index is 12.4. The van der Waals surface area contributed by atoms with Crippen LogP contribution in [0, 0.1) is 5.92 Å². The first-order valence-corrected chi connectivity index (χ1v) is 8.57. The van der Waals surface area contributed by atoms with Gasteiger partial charge in [0, 0.05) is 32.6 Å². The van der Waals surface area contributed by atoms with Crippen molar-refractivity contribution in [2.24, 2.45) is 5.92 Å². The summed E-state index contributed by atoms with van der Waals surface area (Å²) in [6.07, 6.45) is 4.89. The lowest BCUT2D eigenvalue weighted by molar-refractivity contribution is -0.138. The molecule has 0 aromatic carbocycles. The fraction of sp³-hybridized carbons (Fsp3) is 0.857. The van der Waals surface area contributed by atoms with Crippen molar-refractivity contribution in [2.75, 3.05) is 32.1 Å². The summed E-state index contributed by atoms with van der Waals surface area (Å²) in [6, 6.07) is 0.319. The Kier molecular flexibility index (Phi) is 7.19. The first kappa shape index (κ1) is 17.1. The van der Waals surface area contributed by atoms with Gasteiger partial charge in [-0.1, -0.05) is 0 Å². The van der Waals surface area contributed by atoms with Crippen molar-refractivity contribution < 1.29 is 14.7 Å². The van der Waals surface area contributed by atoms with Gasteiger partial charge in [-0.3, -0.25) is 4.79 Å². The van der Waals surface area contributed by atoms with Crippen LogP contribution in [0.4, 0.5) is 4.79 Å². The molecule has 6 heteroatoms. The average molecular weight is 302 g/mol. The quantitative estimate of drug-likeness (QED) is 0.818. The lowest BCUT2D eigenvalue weighted by Gasteiger charge is -2.36. The molecule has 0 aromatic rings. The lowest BCUT2D eigenvalue weighted by Crippen LogP contribution is -2.48. The number of hydrogen-bond donors (Lipinski definition) is 1. The van der Waals surface area contributed by atoms with E-state index in [1.54, 1.807) is 11.8 Å². The molecule has 1 aliphatic heterocycles. The average Bonchev–Trinajstić information content (AvgIpc) is 2.43. The van der Waals surface area contributed by atoms with Gasteiger partial charge >= 0.3 is 12.0 Å². The Hall–Kier alpha value is -0.910. The molecule has 1 fully saturated rings. The zero-order chi connectivity index (χ0) is 15.1. The molecule has 0 aliphatic carbocycles. The third-order valence-corrected chi connectivity index (χ3v) is 4.69. The van der Waals surface area contributed by atoms with E-state index in [2.05, 4.69) is 13.2 Å². The molecule has 0 saturated carbocycles. The van der Waals surface area contributed by atoms with Gasteiger partial charge in [-0.25, -0.2) is 4.79 Å². The smallest absolute Gasteiger partial charge is 0.319 e. The molecule has 5 nitrogen and oxygen atoms in total. The third kappa shape index (κ3) is 5.23. The number of likely N-dealkylation sites (tertiary alicyclic amines) is 1. The highest BCUT2D eigenvalue weighted by Crippen LogP contribution is 2.21. The van der Waals surface area contributed by atoms with Crippen molar-refractivity contribution >= 4 is 23.8 Å². The number of carboxylic acid groups (broad SMARTS) is 1. The third-order valence-electron chi connectivity index (χ3n) is 4.05. The van der Waals surface area contributed by atoms with Crippen LogP contribution in [0.1, 0.15) is 32.6 Å². The number of carboxylic acids is 1. The van der Waals surface area contributed by atoms with Crippen LogP contribution in [0.2, 0.25) is 0 Å². The molecule has 1 atom stereocenters. The van der Waals surface area contributed by atoms with Crippen LogP contribution < -0.4 is 0 Å². The molecular weight excluding hydrogens is 276 g/mol. The minimum atomic E-state index is -0.738. The summed E-state index contributed by atoms with van der Waals surface area (Å²) in [5.41, 5.74) is 0. The number of carbonyl (C=O) groups excluding carboxylic acids is 1. The number of rotatable bonds is 6. The van der Waals surface area contributed by atoms with Crippen LogP contribution in [0.5, 0.6) is 0 Å². The zero-order valence-corrected chi connectivity index (χ0v) is 13.5. The van der Waals surface area contributed by atoms with Gasteiger partial charge in [-0.15, -0.1) is 0 Å². The molecule has 116 valence electrons. The summed E-state index contributed by atoms with van der Waals surface area (Å²) in [5, 5.41) is 8.79. The van der Waals surface area contributed by atoms with Crippen molar-refractivity contribution in [1.82, 2.24) is 9.80 Å². The van der Waals surface area contributed by atoms with Crippen LogP contribution in [0.25, 0.3) is 0 Å². The Bertz CT molecular complexity index is 330. The molecule has 1 aliphatic rings. The van der Waals surface area contributed by atoms with Crippen molar-refractivity contribution in [3.63, 3.8) is 0 Å². The Balaban J connectivity index is 2.39. The number of aliphatic carboxylic acids is 1. The van der Waals surface area contributed by atoms with Crippen LogP contribution in [0.15, 0.2) is 0 Å². The molecule has 1 saturated heterocycles. The van der Waals surface area contributed by atoms with Gasteiger partial charge in [-0.05, 0) is 44.1 Å². The molecule has 1 unspecified atom stereocenters. The number of hydrogen-bond acceptors (Lipinski definition) is 3. The van der Waals surface area contributed by atoms with Gasteiger partial charge in [-0.2, -0.15) is 11.8 Å². The lowest BCUT2D eigenvalue weighted by atomic mass is 9.94. The Morgan fingerprint density at radius 2 is 2.00 bits per heavy atom. The molecule has 0 bridgehead atoms. The summed E-state index contributed by atoms with van der Waals surface area (Å²) in [7, 11) is 1.86. The van der Waals surface area contributed by atoms with E-state index in [1.165, 1.54) is 0 Å². The van der Waals surface area contributed by atoms with Crippen molar-refractivity contribution in [2.45, 2.75) is 38.6 Å². The van der Waals surface area contributed by atoms with E-state index < -0.39 is 5.97 Å². The largest absolute Gasteiger partial charge is 0.481 e. The van der Waals surface area contributed by atoms with Crippen molar-refractivity contribution in [3.05, 3.63) is 0 Å². The first-order valence-electron chi connectivity index (χ1n) is 7.18. The summed E-state index contributed by atoms with van der Waals surface area (Å²) < 4.78 is 0. The molecule has 20 heavy (non-hydrogen) atoms. The summed E-state index contributed by atoms with van der Waals surface area (Å²) in [5.74, 6) is 0.535. The highest BCUT2D eigenvalue weighted by molar-refractivity contribution is 7.98. The monoisotopic (exact) mass is 302 g/mol. The van der Waals surface area contributed by atoms with E-state index in [1.807, 2.05) is 16.8 Å². The normalized spacial score (nSPS) is 17.9. The number of piperidine rings is 1. The maximum absolute atomic E-state index is 12.4. The molecule has 2 amide bonds. The molecule has 0 spiro atoms. The molecular formula is C14H26N2O3S. The molecule has 1 N–H and O–H groups in total. The number of amides is 2. The minimum Gasteiger partial charge on any atom is -0.481 e. The van der Waals surface area contributed by atoms with E-state index >= 15 is 0 Å². The summed E-state index contributed by atoms with van der Waals surface area (Å²) in [4.78, 5) is 26.7. The Morgan fingerprint density at radius 1 is 1.40 bits per heavy atom. The van der Waals surface area contributed by atoms with E-state index in [0.717, 1.165) is 25.0 Å². The summed E-state index contributed by atoms with van der Waals surface area (Å²) >= 11 is 1.79. The Labute approximate surface area is 125 Å². The van der Waals surface area contributed by atoms with Crippen LogP contribution in [0.3, 0.4) is 0 Å². The van der Waals surface area contributed by atoms with E-state index in [9.17, 15) is 9.59 Å². The fourth-order valence-corrected chi connectivity index (χ4v) is 3.05. The van der Waals surface area contributed by atoms with Crippen LogP contribution >= 0.6 is 11.8 Å². The van der Waals surface area contributed by atoms with Gasteiger partial charge in [0.1, 0.15) is 0 Å². The second-order valence-electron chi connectivity index (χ2n) is 5.55. The van der Waals surface area contributed by atoms with E-state index in [-0.39, 0.29) is 24.4 Å². The summed E-state index contributed by atoms with van der Waals surface area (Å²) in [6.45, 7) is 3.43. The number of urea groups is 1. The van der Waals surface area contributed by atoms with Crippen molar-refractivity contribution in [1.29, 1.82) is 0 Å². The number of thioether (sulfide) groups is 1. The van der Waals surface area contributed by atoms with Crippen LogP contribution in [-0.4, -0.2) is 65.1 Å². The molecule has 1 heterocycles. The fourth-order valence-electron chi connectivity index (χ4n) is 2.47. The Morgan fingerprint density at radius 3 is 2.50 bits per heavy atom. The SMILES string of the molecule is CSCCC(C)N(C)C(=O)N1CCC(CC(=O)O)CC1. The molecule has 0 radical (unpaired) electrons. The molecule has 0 aromatic heterocycles. The highest BCUT2D eigenvalue weighted by Gasteiger charge is 2.27. The van der Waals surface area contributed by atoms with E-state index in [4.69, 9.17) is 5.11 Å². The minimum absolute atomic E-state index is 0.0763. The van der Waals surface area contributed by atoms with Crippen LogP contribution in [-0.2, 0) is 4.79 Å². The van der Waals surface area contributed by atoms with Crippen molar-refractivity contribution in [3.8, 4) is 0 Å². The van der Waals surface area contributed by atoms with E-state index in [0.29, 0.717) is 13.1 Å². The number of carbonyl (C=O) groups is 2.